The maximum absolute atomic E-state index is 12.1. The maximum Gasteiger partial charge on any atom is 0.295 e. The van der Waals surface area contributed by atoms with Gasteiger partial charge in [0.05, 0.1) is 6.54 Å². The van der Waals surface area contributed by atoms with Crippen molar-refractivity contribution < 1.29 is 9.53 Å². The number of amides is 1. The number of aromatic nitrogens is 4. The van der Waals surface area contributed by atoms with Crippen LogP contribution in [0, 0.1) is 0 Å². The third kappa shape index (κ3) is 1.90. The molecule has 1 aliphatic heterocycles. The molecule has 1 aromatic carbocycles. The molecule has 0 atom stereocenters. The Balaban J connectivity index is 1.85. The molecule has 0 unspecified atom stereocenters. The minimum absolute atomic E-state index is 0.0781. The Morgan fingerprint density at radius 2 is 2.28 bits per heavy atom. The number of hydrogen-bond donors (Lipinski definition) is 1. The van der Waals surface area contributed by atoms with E-state index in [-0.39, 0.29) is 11.7 Å². The summed E-state index contributed by atoms with van der Waals surface area (Å²) >= 11 is 0. The molecule has 1 N–H and O–H groups in total. The second-order valence-corrected chi connectivity index (χ2v) is 3.92. The van der Waals surface area contributed by atoms with Crippen LogP contribution in [0.2, 0.25) is 0 Å². The van der Waals surface area contributed by atoms with Crippen molar-refractivity contribution in [2.75, 3.05) is 13.2 Å². The number of nitrogens with zero attached hydrogens (tertiary/aromatic N) is 4. The molecule has 0 fully saturated rings. The van der Waals surface area contributed by atoms with Gasteiger partial charge in [-0.3, -0.25) is 4.79 Å². The van der Waals surface area contributed by atoms with Crippen LogP contribution in [-0.4, -0.2) is 44.6 Å². The first kappa shape index (κ1) is 10.7. The van der Waals surface area contributed by atoms with E-state index < -0.39 is 0 Å². The Hall–Kier alpha value is -2.44. The molecule has 7 heteroatoms. The lowest BCUT2D eigenvalue weighted by atomic mass is 10.2. The molecule has 1 aliphatic rings. The Morgan fingerprint density at radius 1 is 1.39 bits per heavy atom. The number of fused-ring (bicyclic) bond motifs is 1. The summed E-state index contributed by atoms with van der Waals surface area (Å²) in [6, 6.07) is 7.68. The SMILES string of the molecule is O=C(c1nn[nH]n1)N1CCOc2ccccc2C1. The zero-order valence-corrected chi connectivity index (χ0v) is 9.54. The van der Waals surface area contributed by atoms with Gasteiger partial charge in [0, 0.05) is 12.1 Å². The molecule has 0 saturated carbocycles. The van der Waals surface area contributed by atoms with E-state index in [2.05, 4.69) is 20.6 Å². The van der Waals surface area contributed by atoms with Crippen molar-refractivity contribution in [3.05, 3.63) is 35.7 Å². The molecule has 0 aliphatic carbocycles. The third-order valence-electron chi connectivity index (χ3n) is 2.78. The molecule has 0 spiro atoms. The minimum atomic E-state index is -0.246. The fourth-order valence-corrected chi connectivity index (χ4v) is 1.89. The zero-order chi connectivity index (χ0) is 12.4. The largest absolute Gasteiger partial charge is 0.491 e. The van der Waals surface area contributed by atoms with Gasteiger partial charge < -0.3 is 9.64 Å². The van der Waals surface area contributed by atoms with Crippen molar-refractivity contribution in [1.29, 1.82) is 0 Å². The number of tetrazole rings is 1. The number of carbonyl (C=O) groups is 1. The van der Waals surface area contributed by atoms with Crippen LogP contribution >= 0.6 is 0 Å². The van der Waals surface area contributed by atoms with Gasteiger partial charge in [0.2, 0.25) is 0 Å². The van der Waals surface area contributed by atoms with Crippen LogP contribution in [0.15, 0.2) is 24.3 Å². The average Bonchev–Trinajstić information content (AvgIpc) is 2.84. The number of H-pyrrole nitrogens is 1. The smallest absolute Gasteiger partial charge is 0.295 e. The van der Waals surface area contributed by atoms with Crippen molar-refractivity contribution in [2.45, 2.75) is 6.54 Å². The average molecular weight is 245 g/mol. The lowest BCUT2D eigenvalue weighted by Crippen LogP contribution is -2.33. The molecule has 18 heavy (non-hydrogen) atoms. The molecular weight excluding hydrogens is 234 g/mol. The fourth-order valence-electron chi connectivity index (χ4n) is 1.89. The molecule has 2 aromatic rings. The van der Waals surface area contributed by atoms with Crippen LogP contribution < -0.4 is 4.74 Å². The van der Waals surface area contributed by atoms with Gasteiger partial charge in [0.15, 0.2) is 0 Å². The normalized spacial score (nSPS) is 14.6. The highest BCUT2D eigenvalue weighted by atomic mass is 16.5. The van der Waals surface area contributed by atoms with Crippen molar-refractivity contribution in [3.63, 3.8) is 0 Å². The first-order valence-corrected chi connectivity index (χ1v) is 5.58. The van der Waals surface area contributed by atoms with Crippen molar-refractivity contribution >= 4 is 5.91 Å². The molecule has 0 saturated heterocycles. The van der Waals surface area contributed by atoms with E-state index >= 15 is 0 Å². The monoisotopic (exact) mass is 245 g/mol. The first-order valence-electron chi connectivity index (χ1n) is 5.58. The summed E-state index contributed by atoms with van der Waals surface area (Å²) in [5.41, 5.74) is 0.979. The Kier molecular flexibility index (Phi) is 2.64. The molecule has 0 bridgehead atoms. The lowest BCUT2D eigenvalue weighted by Gasteiger charge is -2.17. The lowest BCUT2D eigenvalue weighted by molar-refractivity contribution is 0.0721. The highest BCUT2D eigenvalue weighted by molar-refractivity contribution is 5.90. The number of benzene rings is 1. The summed E-state index contributed by atoms with van der Waals surface area (Å²) in [5, 5.41) is 13.1. The molecule has 92 valence electrons. The maximum atomic E-state index is 12.1. The fraction of sp³-hybridized carbons (Fsp3) is 0.273. The van der Waals surface area contributed by atoms with Gasteiger partial charge >= 0.3 is 0 Å². The predicted octanol–water partition coefficient (Wildman–Crippen LogP) is 0.234. The number of para-hydroxylation sites is 1. The Bertz CT molecular complexity index is 554. The van der Waals surface area contributed by atoms with Gasteiger partial charge in [-0.05, 0) is 11.3 Å². The van der Waals surface area contributed by atoms with Gasteiger partial charge in [-0.15, -0.1) is 10.2 Å². The highest BCUT2D eigenvalue weighted by Gasteiger charge is 2.23. The van der Waals surface area contributed by atoms with E-state index in [1.54, 1.807) is 4.90 Å². The van der Waals surface area contributed by atoms with Crippen LogP contribution in [0.5, 0.6) is 5.75 Å². The highest BCUT2D eigenvalue weighted by Crippen LogP contribution is 2.22. The van der Waals surface area contributed by atoms with Gasteiger partial charge in [-0.25, -0.2) is 0 Å². The number of hydrogen-bond acceptors (Lipinski definition) is 5. The number of carbonyl (C=O) groups excluding carboxylic acids is 1. The van der Waals surface area contributed by atoms with E-state index in [0.717, 1.165) is 11.3 Å². The first-order chi connectivity index (χ1) is 8.84. The summed E-state index contributed by atoms with van der Waals surface area (Å²) in [6.07, 6.45) is 0. The Labute approximate surface area is 103 Å². The van der Waals surface area contributed by atoms with E-state index in [9.17, 15) is 4.79 Å². The summed E-state index contributed by atoms with van der Waals surface area (Å²) in [6.45, 7) is 1.45. The summed E-state index contributed by atoms with van der Waals surface area (Å²) in [7, 11) is 0. The second-order valence-electron chi connectivity index (χ2n) is 3.92. The van der Waals surface area contributed by atoms with Crippen molar-refractivity contribution in [3.8, 4) is 5.75 Å². The third-order valence-corrected chi connectivity index (χ3v) is 2.78. The number of nitrogens with one attached hydrogen (secondary N) is 1. The predicted molar refractivity (Wildman–Crippen MR) is 60.9 cm³/mol. The summed E-state index contributed by atoms with van der Waals surface area (Å²) in [5.74, 6) is 0.652. The molecule has 1 amide bonds. The van der Waals surface area contributed by atoms with Crippen LogP contribution in [0.4, 0.5) is 0 Å². The van der Waals surface area contributed by atoms with Crippen LogP contribution in [0.3, 0.4) is 0 Å². The zero-order valence-electron chi connectivity index (χ0n) is 9.54. The molecular formula is C11H11N5O2. The van der Waals surface area contributed by atoms with Gasteiger partial charge in [-0.1, -0.05) is 18.2 Å². The van der Waals surface area contributed by atoms with Gasteiger partial charge in [0.1, 0.15) is 12.4 Å². The second kappa shape index (κ2) is 4.44. The molecule has 2 heterocycles. The topological polar surface area (TPSA) is 84.0 Å². The van der Waals surface area contributed by atoms with Crippen molar-refractivity contribution in [1.82, 2.24) is 25.5 Å². The molecule has 3 rings (SSSR count). The molecule has 7 nitrogen and oxygen atoms in total. The van der Waals surface area contributed by atoms with E-state index in [1.165, 1.54) is 0 Å². The summed E-state index contributed by atoms with van der Waals surface area (Å²) in [4.78, 5) is 13.8. The molecule has 1 aromatic heterocycles. The number of ether oxygens (including phenoxy) is 1. The van der Waals surface area contributed by atoms with E-state index in [1.807, 2.05) is 24.3 Å². The minimum Gasteiger partial charge on any atom is -0.491 e. The number of rotatable bonds is 1. The quantitative estimate of drug-likeness (QED) is 0.777. The van der Waals surface area contributed by atoms with Crippen LogP contribution in [0.1, 0.15) is 16.2 Å². The van der Waals surface area contributed by atoms with Gasteiger partial charge in [-0.2, -0.15) is 5.21 Å². The van der Waals surface area contributed by atoms with Gasteiger partial charge in [0.25, 0.3) is 11.7 Å². The van der Waals surface area contributed by atoms with Crippen molar-refractivity contribution in [2.24, 2.45) is 0 Å². The Morgan fingerprint density at radius 3 is 3.11 bits per heavy atom. The summed E-state index contributed by atoms with van der Waals surface area (Å²) < 4.78 is 5.59. The molecule has 0 radical (unpaired) electrons. The van der Waals surface area contributed by atoms with Crippen LogP contribution in [-0.2, 0) is 6.54 Å². The van der Waals surface area contributed by atoms with Crippen LogP contribution in [0.25, 0.3) is 0 Å². The van der Waals surface area contributed by atoms with E-state index in [0.29, 0.717) is 19.7 Å². The standard InChI is InChI=1S/C11H11N5O2/c17-11(10-12-14-15-13-10)16-5-6-18-9-4-2-1-3-8(9)7-16/h1-4H,5-7H2,(H,12,13,14,15). The number of aromatic amines is 1. The van der Waals surface area contributed by atoms with E-state index in [4.69, 9.17) is 4.74 Å².